The van der Waals surface area contributed by atoms with Crippen LogP contribution in [-0.4, -0.2) is 35.1 Å². The molecule has 0 saturated carbocycles. The molecule has 0 aliphatic heterocycles. The Morgan fingerprint density at radius 2 is 1.62 bits per heavy atom. The molecule has 0 aliphatic rings. The number of nitrogens with one attached hydrogen (secondary N) is 3. The summed E-state index contributed by atoms with van der Waals surface area (Å²) in [6, 6.07) is 33.0. The van der Waals surface area contributed by atoms with Crippen molar-refractivity contribution < 1.29 is 19.1 Å². The Kier molecular flexibility index (Phi) is 11.2. The quantitative estimate of drug-likeness (QED) is 0.0922. The van der Waals surface area contributed by atoms with Crippen molar-refractivity contribution in [2.24, 2.45) is 0 Å². The van der Waals surface area contributed by atoms with Gasteiger partial charge in [0.05, 0.1) is 18.1 Å². The molecule has 47 heavy (non-hydrogen) atoms. The van der Waals surface area contributed by atoms with Crippen LogP contribution in [0.4, 0.5) is 10.8 Å². The number of benzene rings is 4. The van der Waals surface area contributed by atoms with Gasteiger partial charge in [-0.3, -0.25) is 14.4 Å². The third kappa shape index (κ3) is 8.96. The molecule has 0 spiro atoms. The highest BCUT2D eigenvalue weighted by Gasteiger charge is 2.21. The van der Waals surface area contributed by atoms with Crippen molar-refractivity contribution in [3.8, 4) is 17.0 Å². The molecule has 1 aromatic heterocycles. The minimum Gasteiger partial charge on any atom is -0.497 e. The third-order valence-electron chi connectivity index (χ3n) is 7.04. The summed E-state index contributed by atoms with van der Waals surface area (Å²) in [7, 11) is 1.56. The van der Waals surface area contributed by atoms with Crippen LogP contribution >= 0.6 is 23.1 Å². The smallest absolute Gasteiger partial charge is 0.272 e. The summed E-state index contributed by atoms with van der Waals surface area (Å²) in [5.41, 5.74) is 3.53. The number of nitrogens with zero attached hydrogens (tertiary/aromatic N) is 1. The summed E-state index contributed by atoms with van der Waals surface area (Å²) in [4.78, 5) is 46.4. The van der Waals surface area contributed by atoms with Crippen LogP contribution in [0.25, 0.3) is 17.3 Å². The number of anilines is 2. The minimum absolute atomic E-state index is 0.0598. The third-order valence-corrected chi connectivity index (χ3v) is 9.29. The van der Waals surface area contributed by atoms with E-state index in [-0.39, 0.29) is 16.9 Å². The normalized spacial score (nSPS) is 11.8. The van der Waals surface area contributed by atoms with E-state index in [9.17, 15) is 14.4 Å². The number of aryl methyl sites for hydroxylation is 1. The molecule has 3 amide bonds. The van der Waals surface area contributed by atoms with Gasteiger partial charge < -0.3 is 20.7 Å². The number of methoxy groups -OCH3 is 1. The molecule has 3 N–H and O–H groups in total. The molecule has 1 unspecified atom stereocenters. The molecule has 0 radical (unpaired) electrons. The van der Waals surface area contributed by atoms with Gasteiger partial charge in [0.15, 0.2) is 5.13 Å². The Labute approximate surface area is 282 Å². The van der Waals surface area contributed by atoms with E-state index in [0.29, 0.717) is 34.1 Å². The first-order valence-electron chi connectivity index (χ1n) is 15.0. The molecule has 5 rings (SSSR count). The van der Waals surface area contributed by atoms with Crippen LogP contribution in [0.3, 0.4) is 0 Å². The number of amides is 3. The van der Waals surface area contributed by atoms with Gasteiger partial charge in [-0.05, 0) is 67.4 Å². The molecule has 10 heteroatoms. The molecule has 0 saturated heterocycles. The molecule has 0 fully saturated rings. The van der Waals surface area contributed by atoms with E-state index < -0.39 is 11.8 Å². The monoisotopic (exact) mass is 662 g/mol. The minimum atomic E-state index is -0.502. The highest BCUT2D eigenvalue weighted by atomic mass is 32.2. The number of rotatable bonds is 12. The lowest BCUT2D eigenvalue weighted by Crippen LogP contribution is -2.30. The van der Waals surface area contributed by atoms with E-state index in [1.807, 2.05) is 74.5 Å². The predicted molar refractivity (Wildman–Crippen MR) is 191 cm³/mol. The van der Waals surface area contributed by atoms with Gasteiger partial charge in [-0.15, -0.1) is 23.1 Å². The van der Waals surface area contributed by atoms with E-state index >= 15 is 0 Å². The zero-order valence-electron chi connectivity index (χ0n) is 26.2. The number of carbonyl (C=O) groups is 3. The molecule has 8 nitrogen and oxygen atoms in total. The van der Waals surface area contributed by atoms with E-state index in [1.54, 1.807) is 61.7 Å². The van der Waals surface area contributed by atoms with Gasteiger partial charge in [0, 0.05) is 26.6 Å². The fraction of sp³-hybridized carbons (Fsp3) is 0.135. The largest absolute Gasteiger partial charge is 0.497 e. The molecular formula is C37H34N4O4S2. The predicted octanol–water partition coefficient (Wildman–Crippen LogP) is 8.05. The Bertz CT molecular complexity index is 1890. The lowest BCUT2D eigenvalue weighted by Gasteiger charge is -2.15. The number of hydrogen-bond donors (Lipinski definition) is 3. The summed E-state index contributed by atoms with van der Waals surface area (Å²) in [6.45, 7) is 3.95. The van der Waals surface area contributed by atoms with Crippen molar-refractivity contribution in [3.05, 3.63) is 131 Å². The second-order valence-electron chi connectivity index (χ2n) is 10.4. The summed E-state index contributed by atoms with van der Waals surface area (Å²) < 4.78 is 5.32. The van der Waals surface area contributed by atoms with Crippen molar-refractivity contribution >= 4 is 57.7 Å². The summed E-state index contributed by atoms with van der Waals surface area (Å²) >= 11 is 2.85. The molecule has 0 bridgehead atoms. The number of carbonyl (C=O) groups excluding carboxylic acids is 3. The molecular weight excluding hydrogens is 629 g/mol. The average molecular weight is 663 g/mol. The zero-order chi connectivity index (χ0) is 33.2. The zero-order valence-corrected chi connectivity index (χ0v) is 27.8. The van der Waals surface area contributed by atoms with Crippen LogP contribution in [0.2, 0.25) is 0 Å². The van der Waals surface area contributed by atoms with Gasteiger partial charge in [-0.2, -0.15) is 0 Å². The van der Waals surface area contributed by atoms with Crippen LogP contribution in [0, 0.1) is 6.92 Å². The van der Waals surface area contributed by atoms with E-state index in [1.165, 1.54) is 23.1 Å². The van der Waals surface area contributed by atoms with Gasteiger partial charge in [-0.25, -0.2) is 4.98 Å². The Morgan fingerprint density at radius 3 is 2.34 bits per heavy atom. The van der Waals surface area contributed by atoms with Gasteiger partial charge in [0.1, 0.15) is 11.4 Å². The Hall–Kier alpha value is -5.19. The second-order valence-corrected chi connectivity index (χ2v) is 12.9. The molecule has 5 aromatic rings. The molecule has 4 aromatic carbocycles. The first-order chi connectivity index (χ1) is 22.8. The van der Waals surface area contributed by atoms with E-state index in [2.05, 4.69) is 20.9 Å². The molecule has 238 valence electrons. The lowest BCUT2D eigenvalue weighted by atomic mass is 10.1. The standard InChI is InChI=1S/C37H34N4O4S2/c1-4-32(36(44)41-37-40-33(24(2)46-37)26-14-7-5-8-15-26)47-30-20-12-18-28(23-30)38-35(43)31(22-25-13-11-19-29(21-25)45-3)39-34(42)27-16-9-6-10-17-27/h5-23,32H,4H2,1-3H3,(H,38,43)(H,39,42)(H,40,41,44)/b31-22-. The van der Waals surface area contributed by atoms with Crippen molar-refractivity contribution in [2.75, 3.05) is 17.7 Å². The van der Waals surface area contributed by atoms with Crippen molar-refractivity contribution in [3.63, 3.8) is 0 Å². The second kappa shape index (κ2) is 15.9. The highest BCUT2D eigenvalue weighted by Crippen LogP contribution is 2.32. The number of aromatic nitrogens is 1. The average Bonchev–Trinajstić information content (AvgIpc) is 3.47. The lowest BCUT2D eigenvalue weighted by molar-refractivity contribution is -0.116. The SMILES string of the molecule is CCC(Sc1cccc(NC(=O)/C(=C/c2cccc(OC)c2)NC(=O)c2ccccc2)c1)C(=O)Nc1nc(-c2ccccc2)c(C)s1. The van der Waals surface area contributed by atoms with E-state index in [4.69, 9.17) is 4.74 Å². The Balaban J connectivity index is 1.29. The number of ether oxygens (including phenoxy) is 1. The topological polar surface area (TPSA) is 109 Å². The molecule has 1 heterocycles. The first-order valence-corrected chi connectivity index (χ1v) is 16.7. The van der Waals surface area contributed by atoms with Crippen LogP contribution in [0.15, 0.2) is 120 Å². The van der Waals surface area contributed by atoms with Crippen LogP contribution in [0.5, 0.6) is 5.75 Å². The first kappa shape index (κ1) is 33.2. The Morgan fingerprint density at radius 1 is 0.894 bits per heavy atom. The van der Waals surface area contributed by atoms with Crippen molar-refractivity contribution in [2.45, 2.75) is 30.4 Å². The summed E-state index contributed by atoms with van der Waals surface area (Å²) in [6.07, 6.45) is 2.18. The van der Waals surface area contributed by atoms with Crippen molar-refractivity contribution in [1.82, 2.24) is 10.3 Å². The van der Waals surface area contributed by atoms with E-state index in [0.717, 1.165) is 21.0 Å². The maximum absolute atomic E-state index is 13.6. The van der Waals surface area contributed by atoms with Crippen molar-refractivity contribution in [1.29, 1.82) is 0 Å². The maximum atomic E-state index is 13.6. The summed E-state index contributed by atoms with van der Waals surface area (Å²) in [5.74, 6) is -0.444. The number of hydrogen-bond acceptors (Lipinski definition) is 7. The fourth-order valence-electron chi connectivity index (χ4n) is 4.67. The maximum Gasteiger partial charge on any atom is 0.272 e. The van der Waals surface area contributed by atoms with Gasteiger partial charge in [0.25, 0.3) is 11.8 Å². The fourth-order valence-corrected chi connectivity index (χ4v) is 6.52. The van der Waals surface area contributed by atoms with Crippen LogP contribution in [-0.2, 0) is 9.59 Å². The van der Waals surface area contributed by atoms with Gasteiger partial charge in [0.2, 0.25) is 5.91 Å². The van der Waals surface area contributed by atoms with Gasteiger partial charge in [-0.1, -0.05) is 73.7 Å². The van der Waals surface area contributed by atoms with Crippen LogP contribution in [0.1, 0.15) is 34.1 Å². The van der Waals surface area contributed by atoms with Crippen LogP contribution < -0.4 is 20.7 Å². The highest BCUT2D eigenvalue weighted by molar-refractivity contribution is 8.00. The summed E-state index contributed by atoms with van der Waals surface area (Å²) in [5, 5.41) is 8.81. The van der Waals surface area contributed by atoms with Gasteiger partial charge >= 0.3 is 0 Å². The molecule has 0 aliphatic carbocycles. The number of thiazole rings is 1. The molecule has 1 atom stereocenters. The number of thioether (sulfide) groups is 1.